The monoisotopic (exact) mass is 509 g/mol. The van der Waals surface area contributed by atoms with Gasteiger partial charge < -0.3 is 15.2 Å². The standard InChI is InChI=1S/C24H21F2N7O2S/c25-24(26)3-8-32(9-4-24)10-7-28-21(34)15-11-16-19(29-12-15)20-18(22(35)30-16)23-33(31-20)13-17(36-23)14-1-5-27-6-2-14/h1-2,5-6,11-13H,3-4,7-10H2,(H,28,34)(H,30,35). The normalized spacial score (nSPS) is 16.2. The second-order valence-corrected chi connectivity index (χ2v) is 9.86. The molecule has 9 nitrogen and oxygen atoms in total. The number of carbonyl (C=O) groups excluding carboxylic acids is 1. The zero-order valence-electron chi connectivity index (χ0n) is 19.0. The van der Waals surface area contributed by atoms with Crippen LogP contribution >= 0.6 is 11.3 Å². The number of rotatable bonds is 5. The van der Waals surface area contributed by atoms with E-state index >= 15 is 0 Å². The number of halogens is 2. The van der Waals surface area contributed by atoms with Crippen molar-refractivity contribution >= 4 is 44.0 Å². The minimum absolute atomic E-state index is 0.159. The van der Waals surface area contributed by atoms with Gasteiger partial charge in [0.05, 0.1) is 16.0 Å². The second kappa shape index (κ2) is 8.71. The predicted molar refractivity (Wildman–Crippen MR) is 133 cm³/mol. The summed E-state index contributed by atoms with van der Waals surface area (Å²) in [5.41, 5.74) is 2.35. The molecule has 2 N–H and O–H groups in total. The van der Waals surface area contributed by atoms with Gasteiger partial charge in [0.15, 0.2) is 0 Å². The van der Waals surface area contributed by atoms with Gasteiger partial charge in [0.25, 0.3) is 17.4 Å². The smallest absolute Gasteiger partial charge is 0.261 e. The van der Waals surface area contributed by atoms with Gasteiger partial charge in [-0.1, -0.05) is 0 Å². The average molecular weight is 510 g/mol. The number of likely N-dealkylation sites (tertiary alicyclic amines) is 1. The molecule has 184 valence electrons. The van der Waals surface area contributed by atoms with E-state index in [2.05, 4.69) is 25.4 Å². The predicted octanol–water partition coefficient (Wildman–Crippen LogP) is 3.31. The van der Waals surface area contributed by atoms with Crippen LogP contribution in [0.5, 0.6) is 0 Å². The summed E-state index contributed by atoms with van der Waals surface area (Å²) in [7, 11) is 0. The van der Waals surface area contributed by atoms with Crippen LogP contribution in [0.15, 0.2) is 47.8 Å². The number of piperidine rings is 1. The Bertz CT molecular complexity index is 1650. The first-order chi connectivity index (χ1) is 17.4. The van der Waals surface area contributed by atoms with Crippen molar-refractivity contribution in [1.29, 1.82) is 0 Å². The third-order valence-electron chi connectivity index (χ3n) is 6.43. The Morgan fingerprint density at radius 1 is 1.19 bits per heavy atom. The van der Waals surface area contributed by atoms with Crippen LogP contribution in [0.25, 0.3) is 37.2 Å². The number of nitrogens with zero attached hydrogens (tertiary/aromatic N) is 5. The lowest BCUT2D eigenvalue weighted by atomic mass is 10.1. The van der Waals surface area contributed by atoms with Crippen LogP contribution in [0.4, 0.5) is 8.78 Å². The van der Waals surface area contributed by atoms with Gasteiger partial charge in [-0.3, -0.25) is 19.6 Å². The van der Waals surface area contributed by atoms with Crippen LogP contribution in [0.3, 0.4) is 0 Å². The fraction of sp³-hybridized carbons (Fsp3) is 0.292. The van der Waals surface area contributed by atoms with Gasteiger partial charge in [-0.25, -0.2) is 13.3 Å². The molecule has 0 aliphatic carbocycles. The van der Waals surface area contributed by atoms with Gasteiger partial charge in [0, 0.05) is 63.8 Å². The summed E-state index contributed by atoms with van der Waals surface area (Å²) in [4.78, 5) is 40.5. The highest BCUT2D eigenvalue weighted by Gasteiger charge is 2.33. The largest absolute Gasteiger partial charge is 0.351 e. The summed E-state index contributed by atoms with van der Waals surface area (Å²) < 4.78 is 28.3. The summed E-state index contributed by atoms with van der Waals surface area (Å²) in [6, 6.07) is 5.37. The van der Waals surface area contributed by atoms with Gasteiger partial charge in [0.1, 0.15) is 21.3 Å². The number of thiazole rings is 1. The summed E-state index contributed by atoms with van der Waals surface area (Å²) in [5, 5.41) is 7.85. The number of carbonyl (C=O) groups is 1. The molecule has 6 rings (SSSR count). The summed E-state index contributed by atoms with van der Waals surface area (Å²) in [5.74, 6) is -2.94. The summed E-state index contributed by atoms with van der Waals surface area (Å²) >= 11 is 1.45. The minimum Gasteiger partial charge on any atom is -0.351 e. The van der Waals surface area contributed by atoms with E-state index in [0.29, 0.717) is 58.5 Å². The highest BCUT2D eigenvalue weighted by molar-refractivity contribution is 7.21. The molecule has 0 aromatic carbocycles. The Balaban J connectivity index is 1.23. The van der Waals surface area contributed by atoms with Gasteiger partial charge >= 0.3 is 0 Å². The van der Waals surface area contributed by atoms with Crippen molar-refractivity contribution in [2.45, 2.75) is 18.8 Å². The van der Waals surface area contributed by atoms with Crippen molar-refractivity contribution in [3.63, 3.8) is 0 Å². The molecule has 1 saturated heterocycles. The fourth-order valence-corrected chi connectivity index (χ4v) is 5.55. The third kappa shape index (κ3) is 4.11. The van der Waals surface area contributed by atoms with Crippen molar-refractivity contribution in [3.05, 3.63) is 58.9 Å². The number of pyridine rings is 3. The highest BCUT2D eigenvalue weighted by Crippen LogP contribution is 2.33. The van der Waals surface area contributed by atoms with E-state index in [9.17, 15) is 18.4 Å². The molecular formula is C24H21F2N7O2S. The number of aromatic amines is 1. The number of hydrogen-bond acceptors (Lipinski definition) is 7. The van der Waals surface area contributed by atoms with Gasteiger partial charge in [-0.15, -0.1) is 11.3 Å². The van der Waals surface area contributed by atoms with Crippen LogP contribution in [-0.4, -0.2) is 67.5 Å². The SMILES string of the molecule is O=C(NCCN1CCC(F)(F)CC1)c1cnc2c(c1)[nH]c(=O)c1c2nn2cc(-c3ccncc3)sc12. The lowest BCUT2D eigenvalue weighted by molar-refractivity contribution is -0.0547. The van der Waals surface area contributed by atoms with E-state index in [4.69, 9.17) is 0 Å². The van der Waals surface area contributed by atoms with Gasteiger partial charge in [-0.05, 0) is 23.8 Å². The lowest BCUT2D eigenvalue weighted by Gasteiger charge is -2.31. The number of nitrogens with one attached hydrogen (secondary N) is 2. The minimum atomic E-state index is -2.59. The molecule has 1 aliphatic rings. The Kier molecular flexibility index (Phi) is 5.49. The third-order valence-corrected chi connectivity index (χ3v) is 7.57. The number of aromatic nitrogens is 5. The summed E-state index contributed by atoms with van der Waals surface area (Å²) in [6.07, 6.45) is 6.42. The van der Waals surface area contributed by atoms with E-state index in [0.717, 1.165) is 10.4 Å². The Hall–Kier alpha value is -3.77. The molecule has 0 atom stereocenters. The number of fused-ring (bicyclic) bond motifs is 5. The van der Waals surface area contributed by atoms with Crippen LogP contribution in [0.1, 0.15) is 23.2 Å². The molecule has 1 fully saturated rings. The number of H-pyrrole nitrogens is 1. The first-order valence-electron chi connectivity index (χ1n) is 11.5. The maximum atomic E-state index is 13.3. The maximum Gasteiger partial charge on any atom is 0.261 e. The zero-order valence-corrected chi connectivity index (χ0v) is 19.8. The molecule has 0 spiro atoms. The number of amides is 1. The molecule has 1 amide bonds. The second-order valence-electron chi connectivity index (χ2n) is 8.83. The molecule has 1 aliphatic heterocycles. The van der Waals surface area contributed by atoms with E-state index in [1.54, 1.807) is 23.0 Å². The molecule has 0 radical (unpaired) electrons. The van der Waals surface area contributed by atoms with Crippen LogP contribution < -0.4 is 10.9 Å². The molecule has 6 heterocycles. The lowest BCUT2D eigenvalue weighted by Crippen LogP contribution is -2.43. The maximum absolute atomic E-state index is 13.3. The summed E-state index contributed by atoms with van der Waals surface area (Å²) in [6.45, 7) is 1.44. The first kappa shape index (κ1) is 22.7. The van der Waals surface area contributed by atoms with E-state index < -0.39 is 5.92 Å². The Morgan fingerprint density at radius 2 is 1.97 bits per heavy atom. The highest BCUT2D eigenvalue weighted by atomic mass is 32.1. The van der Waals surface area contributed by atoms with E-state index in [1.807, 2.05) is 23.2 Å². The average Bonchev–Trinajstić information content (AvgIpc) is 3.44. The molecule has 0 bridgehead atoms. The fourth-order valence-electron chi connectivity index (χ4n) is 4.46. The van der Waals surface area contributed by atoms with Crippen molar-refractivity contribution in [2.75, 3.05) is 26.2 Å². The first-order valence-corrected chi connectivity index (χ1v) is 12.3. The molecular weight excluding hydrogens is 488 g/mol. The topological polar surface area (TPSA) is 108 Å². The Labute approximate surface area is 206 Å². The van der Waals surface area contributed by atoms with Crippen LogP contribution in [0.2, 0.25) is 0 Å². The van der Waals surface area contributed by atoms with E-state index in [1.165, 1.54) is 17.5 Å². The van der Waals surface area contributed by atoms with Crippen LogP contribution in [-0.2, 0) is 0 Å². The van der Waals surface area contributed by atoms with E-state index in [-0.39, 0.29) is 24.3 Å². The molecule has 5 aromatic rings. The zero-order chi connectivity index (χ0) is 24.9. The van der Waals surface area contributed by atoms with Crippen molar-refractivity contribution in [3.8, 4) is 10.4 Å². The number of alkyl halides is 2. The number of hydrogen-bond donors (Lipinski definition) is 2. The molecule has 12 heteroatoms. The molecule has 36 heavy (non-hydrogen) atoms. The van der Waals surface area contributed by atoms with Crippen LogP contribution in [0, 0.1) is 0 Å². The Morgan fingerprint density at radius 3 is 2.75 bits per heavy atom. The molecule has 0 saturated carbocycles. The van der Waals surface area contributed by atoms with Crippen molar-refractivity contribution < 1.29 is 13.6 Å². The quantitative estimate of drug-likeness (QED) is 0.376. The van der Waals surface area contributed by atoms with Crippen molar-refractivity contribution in [1.82, 2.24) is 34.8 Å². The molecule has 5 aromatic heterocycles. The van der Waals surface area contributed by atoms with Crippen molar-refractivity contribution in [2.24, 2.45) is 0 Å². The van der Waals surface area contributed by atoms with Gasteiger partial charge in [0.2, 0.25) is 0 Å². The van der Waals surface area contributed by atoms with Gasteiger partial charge in [-0.2, -0.15) is 5.10 Å². The molecule has 0 unspecified atom stereocenters.